The Morgan fingerprint density at radius 3 is 2.67 bits per heavy atom. The Balaban J connectivity index is 2.40. The topological polar surface area (TPSA) is 47.3 Å². The van der Waals surface area contributed by atoms with Gasteiger partial charge in [0.1, 0.15) is 5.82 Å². The molecule has 18 heavy (non-hydrogen) atoms. The van der Waals surface area contributed by atoms with Crippen molar-refractivity contribution in [3.63, 3.8) is 0 Å². The summed E-state index contributed by atoms with van der Waals surface area (Å²) in [6.07, 6.45) is 3.95. The fourth-order valence-corrected chi connectivity index (χ4v) is 3.07. The highest BCUT2D eigenvalue weighted by atomic mass is 35.5. The van der Waals surface area contributed by atoms with Crippen LogP contribution in [0.5, 0.6) is 0 Å². The van der Waals surface area contributed by atoms with E-state index < -0.39 is 5.60 Å². The summed E-state index contributed by atoms with van der Waals surface area (Å²) in [5.74, 6) is 5.33. The highest BCUT2D eigenvalue weighted by Crippen LogP contribution is 2.43. The first kappa shape index (κ1) is 13.7. The largest absolute Gasteiger partial charge is 0.376 e. The summed E-state index contributed by atoms with van der Waals surface area (Å²) >= 11 is 6.15. The Bertz CT molecular complexity index is 421. The Labute approximate surface area is 111 Å². The molecule has 1 aromatic rings. The Morgan fingerprint density at radius 1 is 1.44 bits per heavy atom. The fourth-order valence-electron chi connectivity index (χ4n) is 2.84. The van der Waals surface area contributed by atoms with Crippen molar-refractivity contribution in [2.45, 2.75) is 37.3 Å². The van der Waals surface area contributed by atoms with Gasteiger partial charge in [0.2, 0.25) is 0 Å². The second kappa shape index (κ2) is 5.53. The van der Waals surface area contributed by atoms with Gasteiger partial charge in [0.15, 0.2) is 0 Å². The van der Waals surface area contributed by atoms with Crippen LogP contribution in [0, 0.1) is 5.82 Å². The van der Waals surface area contributed by atoms with E-state index in [2.05, 4.69) is 5.43 Å². The number of nitrogens with one attached hydrogen (secondary N) is 1. The van der Waals surface area contributed by atoms with Crippen LogP contribution in [0.25, 0.3) is 0 Å². The molecule has 0 radical (unpaired) electrons. The minimum absolute atomic E-state index is 0.298. The maximum Gasteiger partial charge on any atom is 0.123 e. The molecule has 0 spiro atoms. The zero-order chi connectivity index (χ0) is 13.2. The van der Waals surface area contributed by atoms with Crippen LogP contribution in [0.3, 0.4) is 0 Å². The lowest BCUT2D eigenvalue weighted by Gasteiger charge is -2.36. The van der Waals surface area contributed by atoms with Gasteiger partial charge in [-0.05, 0) is 36.6 Å². The van der Waals surface area contributed by atoms with E-state index in [9.17, 15) is 4.39 Å². The van der Waals surface area contributed by atoms with Crippen LogP contribution in [0.1, 0.15) is 37.3 Å². The molecule has 1 fully saturated rings. The predicted molar refractivity (Wildman–Crippen MR) is 69.7 cm³/mol. The van der Waals surface area contributed by atoms with E-state index in [1.54, 1.807) is 13.2 Å². The summed E-state index contributed by atoms with van der Waals surface area (Å²) in [6, 6.07) is 4.02. The van der Waals surface area contributed by atoms with Crippen LogP contribution in [0.2, 0.25) is 5.02 Å². The summed E-state index contributed by atoms with van der Waals surface area (Å²) < 4.78 is 19.1. The Kier molecular flexibility index (Phi) is 4.22. The molecule has 1 aromatic carbocycles. The molecule has 3 nitrogen and oxygen atoms in total. The summed E-state index contributed by atoms with van der Waals surface area (Å²) in [5, 5.41) is 0.502. The van der Waals surface area contributed by atoms with Crippen LogP contribution < -0.4 is 11.3 Å². The standard InChI is InChI=1S/C13H18ClFN2O/c1-18-13(6-2-3-7-13)12(17-16)10-8-9(15)4-5-11(10)14/h4-5,8,12,17H,2-3,6-7,16H2,1H3. The second-order valence-electron chi connectivity index (χ2n) is 4.74. The molecule has 0 amide bonds. The number of hydrogen-bond acceptors (Lipinski definition) is 3. The van der Waals surface area contributed by atoms with Crippen molar-refractivity contribution >= 4 is 11.6 Å². The van der Waals surface area contributed by atoms with Gasteiger partial charge in [0.25, 0.3) is 0 Å². The minimum Gasteiger partial charge on any atom is -0.376 e. The third-order valence-electron chi connectivity index (χ3n) is 3.82. The minimum atomic E-state index is -0.397. The zero-order valence-corrected chi connectivity index (χ0v) is 11.1. The van der Waals surface area contributed by atoms with E-state index in [4.69, 9.17) is 22.2 Å². The van der Waals surface area contributed by atoms with Crippen LogP contribution in [-0.2, 0) is 4.74 Å². The number of benzene rings is 1. The Morgan fingerprint density at radius 2 is 2.11 bits per heavy atom. The average Bonchev–Trinajstić information content (AvgIpc) is 2.84. The highest BCUT2D eigenvalue weighted by molar-refractivity contribution is 6.31. The number of methoxy groups -OCH3 is 1. The van der Waals surface area contributed by atoms with E-state index in [0.717, 1.165) is 25.7 Å². The van der Waals surface area contributed by atoms with E-state index in [1.165, 1.54) is 12.1 Å². The van der Waals surface area contributed by atoms with Gasteiger partial charge in [-0.25, -0.2) is 4.39 Å². The molecule has 5 heteroatoms. The first-order chi connectivity index (χ1) is 8.63. The lowest BCUT2D eigenvalue weighted by atomic mass is 9.87. The smallest absolute Gasteiger partial charge is 0.123 e. The fraction of sp³-hybridized carbons (Fsp3) is 0.538. The molecule has 0 saturated heterocycles. The number of hydrazine groups is 1. The zero-order valence-electron chi connectivity index (χ0n) is 10.4. The molecule has 0 bridgehead atoms. The van der Waals surface area contributed by atoms with Crippen LogP contribution in [0.15, 0.2) is 18.2 Å². The molecule has 0 aromatic heterocycles. The van der Waals surface area contributed by atoms with Gasteiger partial charge in [-0.1, -0.05) is 24.4 Å². The van der Waals surface area contributed by atoms with Crippen LogP contribution in [0.4, 0.5) is 4.39 Å². The van der Waals surface area contributed by atoms with E-state index >= 15 is 0 Å². The van der Waals surface area contributed by atoms with E-state index in [-0.39, 0.29) is 11.9 Å². The number of nitrogens with two attached hydrogens (primary N) is 1. The predicted octanol–water partition coefficient (Wildman–Crippen LogP) is 2.94. The first-order valence-electron chi connectivity index (χ1n) is 6.09. The maximum absolute atomic E-state index is 13.4. The summed E-state index contributed by atoms with van der Waals surface area (Å²) in [5.41, 5.74) is 3.00. The summed E-state index contributed by atoms with van der Waals surface area (Å²) in [4.78, 5) is 0. The monoisotopic (exact) mass is 272 g/mol. The van der Waals surface area contributed by atoms with Gasteiger partial charge >= 0.3 is 0 Å². The van der Waals surface area contributed by atoms with Crippen LogP contribution >= 0.6 is 11.6 Å². The van der Waals surface area contributed by atoms with Gasteiger partial charge in [-0.15, -0.1) is 0 Å². The molecule has 1 atom stereocenters. The lowest BCUT2D eigenvalue weighted by molar-refractivity contribution is -0.0369. The molecular weight excluding hydrogens is 255 g/mol. The first-order valence-corrected chi connectivity index (χ1v) is 6.47. The number of ether oxygens (including phenoxy) is 1. The van der Waals surface area contributed by atoms with Crippen molar-refractivity contribution in [1.82, 2.24) is 5.43 Å². The molecule has 1 saturated carbocycles. The van der Waals surface area contributed by atoms with Gasteiger partial charge in [0, 0.05) is 12.1 Å². The van der Waals surface area contributed by atoms with Crippen molar-refractivity contribution in [2.24, 2.45) is 5.84 Å². The van der Waals surface area contributed by atoms with Crippen molar-refractivity contribution < 1.29 is 9.13 Å². The molecule has 1 aliphatic carbocycles. The molecule has 1 aliphatic rings. The maximum atomic E-state index is 13.4. The normalized spacial score (nSPS) is 20.0. The van der Waals surface area contributed by atoms with E-state index in [1.807, 2.05) is 0 Å². The van der Waals surface area contributed by atoms with Crippen molar-refractivity contribution in [2.75, 3.05) is 7.11 Å². The molecule has 2 rings (SSSR count). The molecule has 0 aliphatic heterocycles. The van der Waals surface area contributed by atoms with Crippen molar-refractivity contribution in [3.05, 3.63) is 34.6 Å². The third kappa shape index (κ3) is 2.38. The number of halogens is 2. The van der Waals surface area contributed by atoms with Crippen molar-refractivity contribution in [1.29, 1.82) is 0 Å². The number of rotatable bonds is 4. The van der Waals surface area contributed by atoms with Crippen LogP contribution in [-0.4, -0.2) is 12.7 Å². The molecule has 0 heterocycles. The Hall–Kier alpha value is -0.680. The van der Waals surface area contributed by atoms with Gasteiger partial charge in [0.05, 0.1) is 11.6 Å². The lowest BCUT2D eigenvalue weighted by Crippen LogP contribution is -2.46. The highest BCUT2D eigenvalue weighted by Gasteiger charge is 2.42. The molecule has 1 unspecified atom stereocenters. The molecular formula is C13H18ClFN2O. The third-order valence-corrected chi connectivity index (χ3v) is 4.16. The second-order valence-corrected chi connectivity index (χ2v) is 5.15. The van der Waals surface area contributed by atoms with E-state index in [0.29, 0.717) is 10.6 Å². The quantitative estimate of drug-likeness (QED) is 0.654. The SMILES string of the molecule is COC1(C(NN)c2cc(F)ccc2Cl)CCCC1. The average molecular weight is 273 g/mol. The van der Waals surface area contributed by atoms with Gasteiger partial charge in [-0.2, -0.15) is 0 Å². The number of hydrogen-bond donors (Lipinski definition) is 2. The summed E-state index contributed by atoms with van der Waals surface area (Å²) in [6.45, 7) is 0. The van der Waals surface area contributed by atoms with Gasteiger partial charge in [-0.3, -0.25) is 11.3 Å². The molecule has 100 valence electrons. The summed E-state index contributed by atoms with van der Waals surface area (Å²) in [7, 11) is 1.67. The van der Waals surface area contributed by atoms with Crippen molar-refractivity contribution in [3.8, 4) is 0 Å². The molecule has 3 N–H and O–H groups in total. The van der Waals surface area contributed by atoms with Gasteiger partial charge < -0.3 is 4.74 Å².